The number of aromatic nitrogens is 3. The standard InChI is InChI=1S/C34H32F6N4O5/c1-5-47-30(45)24-19-42-44(29(24)34(38,39)40)27-13-7-12-26(43-27)23-10-6-11-25(33(35,36)37)28(23)48-20-22-16-14-21(15-17-22)9-8-18-41-31(46)49-32(2,3)4/h6-17,19H,5,18,20H2,1-4H3,(H,41,46)/b9-8+. The van der Waals surface area contributed by atoms with E-state index in [9.17, 15) is 35.9 Å². The number of carbonyl (C=O) groups excluding carboxylic acids is 2. The van der Waals surface area contributed by atoms with Crippen molar-refractivity contribution < 1.29 is 50.1 Å². The summed E-state index contributed by atoms with van der Waals surface area (Å²) < 4.78 is 101. The van der Waals surface area contributed by atoms with Crippen molar-refractivity contribution in [2.24, 2.45) is 0 Å². The maximum absolute atomic E-state index is 14.1. The van der Waals surface area contributed by atoms with E-state index in [-0.39, 0.29) is 31.0 Å². The number of hydrogen-bond acceptors (Lipinski definition) is 7. The van der Waals surface area contributed by atoms with Crippen LogP contribution in [0.5, 0.6) is 5.75 Å². The van der Waals surface area contributed by atoms with Gasteiger partial charge in [-0.1, -0.05) is 48.6 Å². The van der Waals surface area contributed by atoms with Gasteiger partial charge in [0.1, 0.15) is 23.5 Å². The Kier molecular flexibility index (Phi) is 11.0. The second kappa shape index (κ2) is 14.8. The molecular weight excluding hydrogens is 658 g/mol. The van der Waals surface area contributed by atoms with Crippen LogP contribution in [0.25, 0.3) is 23.2 Å². The number of alkyl carbamates (subject to hydrolysis) is 1. The molecular formula is C34H32F6N4O5. The quantitative estimate of drug-likeness (QED) is 0.132. The average molecular weight is 691 g/mol. The van der Waals surface area contributed by atoms with E-state index in [4.69, 9.17) is 14.2 Å². The number of carbonyl (C=O) groups is 2. The Balaban J connectivity index is 1.59. The minimum atomic E-state index is -5.05. The van der Waals surface area contributed by atoms with Crippen molar-refractivity contribution in [2.45, 2.75) is 52.3 Å². The van der Waals surface area contributed by atoms with Crippen molar-refractivity contribution in [3.63, 3.8) is 0 Å². The molecule has 2 aromatic carbocycles. The summed E-state index contributed by atoms with van der Waals surface area (Å²) in [5.41, 5.74) is -3.06. The molecule has 0 saturated heterocycles. The van der Waals surface area contributed by atoms with Crippen molar-refractivity contribution in [1.29, 1.82) is 0 Å². The van der Waals surface area contributed by atoms with E-state index in [1.165, 1.54) is 31.2 Å². The van der Waals surface area contributed by atoms with Crippen LogP contribution in [-0.4, -0.2) is 45.6 Å². The molecule has 0 aliphatic carbocycles. The lowest BCUT2D eigenvalue weighted by Crippen LogP contribution is -2.32. The van der Waals surface area contributed by atoms with E-state index in [0.29, 0.717) is 16.4 Å². The molecule has 1 N–H and O–H groups in total. The van der Waals surface area contributed by atoms with Crippen molar-refractivity contribution in [3.8, 4) is 22.8 Å². The number of hydrogen-bond donors (Lipinski definition) is 1. The number of nitrogens with zero attached hydrogens (tertiary/aromatic N) is 3. The molecule has 9 nitrogen and oxygen atoms in total. The third-order valence-electron chi connectivity index (χ3n) is 6.52. The van der Waals surface area contributed by atoms with E-state index >= 15 is 0 Å². The summed E-state index contributed by atoms with van der Waals surface area (Å²) in [6.07, 6.45) is -6.34. The number of amides is 1. The highest BCUT2D eigenvalue weighted by Crippen LogP contribution is 2.42. The Bertz CT molecular complexity index is 1810. The van der Waals surface area contributed by atoms with Crippen molar-refractivity contribution in [3.05, 3.63) is 101 Å². The summed E-state index contributed by atoms with van der Waals surface area (Å²) in [5, 5.41) is 6.28. The fourth-order valence-electron chi connectivity index (χ4n) is 4.49. The summed E-state index contributed by atoms with van der Waals surface area (Å²) in [5.74, 6) is -2.24. The van der Waals surface area contributed by atoms with Gasteiger partial charge < -0.3 is 19.5 Å². The zero-order chi connectivity index (χ0) is 36.0. The van der Waals surface area contributed by atoms with Crippen LogP contribution in [0.2, 0.25) is 0 Å². The van der Waals surface area contributed by atoms with Crippen LogP contribution in [0.3, 0.4) is 0 Å². The summed E-state index contributed by atoms with van der Waals surface area (Å²) in [4.78, 5) is 28.2. The van der Waals surface area contributed by atoms with Gasteiger partial charge in [-0.25, -0.2) is 19.3 Å². The minimum absolute atomic E-state index is 0.139. The molecule has 49 heavy (non-hydrogen) atoms. The van der Waals surface area contributed by atoms with E-state index in [0.717, 1.165) is 17.7 Å². The first-order valence-corrected chi connectivity index (χ1v) is 14.8. The molecule has 15 heteroatoms. The predicted octanol–water partition coefficient (Wildman–Crippen LogP) is 8.27. The first-order chi connectivity index (χ1) is 23.0. The highest BCUT2D eigenvalue weighted by Gasteiger charge is 2.41. The van der Waals surface area contributed by atoms with Crippen LogP contribution in [-0.2, 0) is 28.4 Å². The van der Waals surface area contributed by atoms with E-state index in [1.807, 2.05) is 0 Å². The number of esters is 1. The second-order valence-corrected chi connectivity index (χ2v) is 11.4. The van der Waals surface area contributed by atoms with Gasteiger partial charge in [0, 0.05) is 12.1 Å². The molecule has 0 aliphatic heterocycles. The second-order valence-electron chi connectivity index (χ2n) is 11.4. The third kappa shape index (κ3) is 9.61. The van der Waals surface area contributed by atoms with Gasteiger partial charge in [-0.2, -0.15) is 31.4 Å². The van der Waals surface area contributed by atoms with Gasteiger partial charge in [-0.05, 0) is 63.1 Å². The molecule has 0 fully saturated rings. The molecule has 0 radical (unpaired) electrons. The first-order valence-electron chi connectivity index (χ1n) is 14.8. The van der Waals surface area contributed by atoms with Gasteiger partial charge >= 0.3 is 24.4 Å². The van der Waals surface area contributed by atoms with E-state index in [1.54, 1.807) is 57.2 Å². The van der Waals surface area contributed by atoms with Crippen LogP contribution in [0.15, 0.2) is 72.9 Å². The van der Waals surface area contributed by atoms with Crippen LogP contribution in [0.1, 0.15) is 60.4 Å². The van der Waals surface area contributed by atoms with Crippen LogP contribution in [0.4, 0.5) is 31.1 Å². The number of benzene rings is 2. The molecule has 260 valence electrons. The highest BCUT2D eigenvalue weighted by atomic mass is 19.4. The van der Waals surface area contributed by atoms with Crippen molar-refractivity contribution in [1.82, 2.24) is 20.1 Å². The lowest BCUT2D eigenvalue weighted by molar-refractivity contribution is -0.143. The summed E-state index contributed by atoms with van der Waals surface area (Å²) in [6, 6.07) is 13.7. The topological polar surface area (TPSA) is 105 Å². The van der Waals surface area contributed by atoms with Gasteiger partial charge in [0.2, 0.25) is 0 Å². The smallest absolute Gasteiger partial charge is 0.434 e. The van der Waals surface area contributed by atoms with Gasteiger partial charge in [0.15, 0.2) is 11.5 Å². The minimum Gasteiger partial charge on any atom is -0.488 e. The molecule has 0 atom stereocenters. The number of ether oxygens (including phenoxy) is 3. The number of halogens is 6. The fraction of sp³-hybridized carbons (Fsp3) is 0.294. The van der Waals surface area contributed by atoms with Gasteiger partial charge in [-0.3, -0.25) is 0 Å². The number of para-hydroxylation sites is 1. The molecule has 0 bridgehead atoms. The average Bonchev–Trinajstić information content (AvgIpc) is 3.48. The van der Waals surface area contributed by atoms with Crippen LogP contribution in [0, 0.1) is 0 Å². The van der Waals surface area contributed by atoms with Crippen LogP contribution >= 0.6 is 0 Å². The normalized spacial score (nSPS) is 12.2. The number of rotatable bonds is 10. The number of pyridine rings is 1. The first kappa shape index (κ1) is 36.5. The molecule has 0 aliphatic rings. The van der Waals surface area contributed by atoms with Gasteiger partial charge in [0.05, 0.1) is 24.1 Å². The lowest BCUT2D eigenvalue weighted by atomic mass is 10.0. The molecule has 1 amide bonds. The molecule has 4 rings (SSSR count). The Morgan fingerprint density at radius 2 is 1.61 bits per heavy atom. The van der Waals surface area contributed by atoms with Gasteiger partial charge in [0.25, 0.3) is 0 Å². The number of alkyl halides is 6. The highest BCUT2D eigenvalue weighted by molar-refractivity contribution is 5.90. The fourth-order valence-corrected chi connectivity index (χ4v) is 4.49. The lowest BCUT2D eigenvalue weighted by Gasteiger charge is -2.19. The van der Waals surface area contributed by atoms with Crippen molar-refractivity contribution in [2.75, 3.05) is 13.2 Å². The van der Waals surface area contributed by atoms with E-state index in [2.05, 4.69) is 15.4 Å². The SMILES string of the molecule is CCOC(=O)c1cnn(-c2cccc(-c3cccc(C(F)(F)F)c3OCc3ccc(/C=C/CNC(=O)OC(C)(C)C)cc3)n2)c1C(F)(F)F. The summed E-state index contributed by atoms with van der Waals surface area (Å²) in [6.45, 7) is 6.40. The zero-order valence-electron chi connectivity index (χ0n) is 26.8. The summed E-state index contributed by atoms with van der Waals surface area (Å²) >= 11 is 0. The molecule has 2 aromatic heterocycles. The van der Waals surface area contributed by atoms with E-state index < -0.39 is 58.4 Å². The Morgan fingerprint density at radius 3 is 2.24 bits per heavy atom. The number of nitrogens with one attached hydrogen (secondary N) is 1. The Labute approximate surface area is 277 Å². The molecule has 2 heterocycles. The predicted molar refractivity (Wildman–Crippen MR) is 167 cm³/mol. The zero-order valence-corrected chi connectivity index (χ0v) is 26.8. The maximum atomic E-state index is 14.1. The van der Waals surface area contributed by atoms with Crippen LogP contribution < -0.4 is 10.1 Å². The molecule has 0 spiro atoms. The molecule has 0 saturated carbocycles. The Morgan fingerprint density at radius 1 is 0.918 bits per heavy atom. The maximum Gasteiger partial charge on any atom is 0.434 e. The third-order valence-corrected chi connectivity index (χ3v) is 6.52. The Hall–Kier alpha value is -5.34. The largest absolute Gasteiger partial charge is 0.488 e. The summed E-state index contributed by atoms with van der Waals surface area (Å²) in [7, 11) is 0. The monoisotopic (exact) mass is 690 g/mol. The molecule has 0 unspecified atom stereocenters. The molecule has 4 aromatic rings. The van der Waals surface area contributed by atoms with Gasteiger partial charge in [-0.15, -0.1) is 0 Å². The van der Waals surface area contributed by atoms with Crippen molar-refractivity contribution >= 4 is 18.1 Å².